The Kier molecular flexibility index (Phi) is 8.44. The molecule has 1 aromatic carbocycles. The van der Waals surface area contributed by atoms with Crippen LogP contribution < -0.4 is 4.52 Å². The molecule has 1 unspecified atom stereocenters. The van der Waals surface area contributed by atoms with Crippen LogP contribution >= 0.6 is 19.9 Å². The van der Waals surface area contributed by atoms with Gasteiger partial charge in [-0.05, 0) is 25.0 Å². The summed E-state index contributed by atoms with van der Waals surface area (Å²) in [4.78, 5) is 8.33. The van der Waals surface area contributed by atoms with Crippen LogP contribution in [0.25, 0.3) is 0 Å². The van der Waals surface area contributed by atoms with Crippen molar-refractivity contribution >= 4 is 29.7 Å². The van der Waals surface area contributed by atoms with E-state index in [9.17, 15) is 13.0 Å². The average molecular weight is 343 g/mol. The summed E-state index contributed by atoms with van der Waals surface area (Å²) in [6, 6.07) is 8.53. The molecule has 116 valence electrons. The third-order valence-electron chi connectivity index (χ3n) is 2.67. The van der Waals surface area contributed by atoms with Crippen molar-refractivity contribution in [2.24, 2.45) is 0 Å². The Morgan fingerprint density at radius 2 is 1.70 bits per heavy atom. The standard InChI is InChI=1S/C6H13ClO2S.C6H7O3P/c1-4-6(7,5-2)10(3,8)9;7-10(8)9-6-4-2-1-3-5-6/h4-5H2,1-3H3;1-5,10H,(H,7,8). The third kappa shape index (κ3) is 6.75. The fourth-order valence-corrected chi connectivity index (χ4v) is 2.75. The zero-order valence-electron chi connectivity index (χ0n) is 11.7. The summed E-state index contributed by atoms with van der Waals surface area (Å²) >= 11 is 5.80. The first-order valence-corrected chi connectivity index (χ1v) is 9.54. The second-order valence-electron chi connectivity index (χ2n) is 4.04. The molecule has 0 spiro atoms. The van der Waals surface area contributed by atoms with Gasteiger partial charge in [0.2, 0.25) is 0 Å². The molecule has 0 radical (unpaired) electrons. The fourth-order valence-electron chi connectivity index (χ4n) is 1.36. The molecular formula is C12H20ClO5PS. The number of hydrogen-bond donors (Lipinski definition) is 1. The lowest BCUT2D eigenvalue weighted by atomic mass is 10.2. The van der Waals surface area contributed by atoms with Gasteiger partial charge in [-0.2, -0.15) is 0 Å². The molecule has 0 bridgehead atoms. The van der Waals surface area contributed by atoms with Gasteiger partial charge in [0.15, 0.2) is 9.84 Å². The molecule has 0 amide bonds. The quantitative estimate of drug-likeness (QED) is 0.656. The molecule has 0 aliphatic rings. The molecule has 1 atom stereocenters. The maximum Gasteiger partial charge on any atom is 0.365 e. The molecule has 5 nitrogen and oxygen atoms in total. The first kappa shape index (κ1) is 19.4. The number of sulfone groups is 1. The molecule has 0 aliphatic heterocycles. The predicted molar refractivity (Wildman–Crippen MR) is 82.3 cm³/mol. The largest absolute Gasteiger partial charge is 0.426 e. The van der Waals surface area contributed by atoms with Gasteiger partial charge >= 0.3 is 8.25 Å². The molecule has 0 heterocycles. The summed E-state index contributed by atoms with van der Waals surface area (Å²) in [5.41, 5.74) is 0. The van der Waals surface area contributed by atoms with Crippen molar-refractivity contribution in [3.63, 3.8) is 0 Å². The van der Waals surface area contributed by atoms with Crippen LogP contribution in [0.5, 0.6) is 5.75 Å². The second kappa shape index (κ2) is 8.67. The van der Waals surface area contributed by atoms with Crippen LogP contribution in [0.15, 0.2) is 30.3 Å². The van der Waals surface area contributed by atoms with Gasteiger partial charge < -0.3 is 9.42 Å². The molecule has 20 heavy (non-hydrogen) atoms. The normalized spacial score (nSPS) is 13.1. The molecule has 0 aliphatic carbocycles. The van der Waals surface area contributed by atoms with Crippen molar-refractivity contribution < 1.29 is 22.4 Å². The van der Waals surface area contributed by atoms with Gasteiger partial charge in [-0.15, -0.1) is 11.6 Å². The van der Waals surface area contributed by atoms with Gasteiger partial charge in [-0.3, -0.25) is 0 Å². The van der Waals surface area contributed by atoms with Crippen molar-refractivity contribution in [1.29, 1.82) is 0 Å². The van der Waals surface area contributed by atoms with Gasteiger partial charge in [0.1, 0.15) is 9.96 Å². The van der Waals surface area contributed by atoms with Crippen LogP contribution in [0.3, 0.4) is 0 Å². The fraction of sp³-hybridized carbons (Fsp3) is 0.500. The lowest BCUT2D eigenvalue weighted by Crippen LogP contribution is -2.29. The maximum atomic E-state index is 11.0. The van der Waals surface area contributed by atoms with E-state index >= 15 is 0 Å². The van der Waals surface area contributed by atoms with Gasteiger partial charge in [-0.1, -0.05) is 32.0 Å². The Hall–Kier alpha value is -0.550. The molecule has 1 rings (SSSR count). The van der Waals surface area contributed by atoms with E-state index in [0.717, 1.165) is 0 Å². The van der Waals surface area contributed by atoms with Gasteiger partial charge in [0.05, 0.1) is 0 Å². The number of rotatable bonds is 5. The van der Waals surface area contributed by atoms with Crippen LogP contribution in [-0.4, -0.2) is 23.8 Å². The van der Waals surface area contributed by atoms with Crippen LogP contribution in [0.1, 0.15) is 26.7 Å². The summed E-state index contributed by atoms with van der Waals surface area (Å²) in [7, 11) is -5.94. The third-order valence-corrected chi connectivity index (χ3v) is 6.36. The Labute approximate surface area is 125 Å². The number of benzene rings is 1. The lowest BCUT2D eigenvalue weighted by Gasteiger charge is -2.20. The van der Waals surface area contributed by atoms with E-state index in [1.807, 2.05) is 0 Å². The van der Waals surface area contributed by atoms with E-state index in [4.69, 9.17) is 16.5 Å². The lowest BCUT2D eigenvalue weighted by molar-refractivity contribution is 0.410. The summed E-state index contributed by atoms with van der Waals surface area (Å²) in [6.07, 6.45) is 2.10. The number of hydrogen-bond acceptors (Lipinski definition) is 4. The molecule has 0 aromatic heterocycles. The highest BCUT2D eigenvalue weighted by atomic mass is 35.5. The van der Waals surface area contributed by atoms with Crippen molar-refractivity contribution in [1.82, 2.24) is 0 Å². The SMILES string of the molecule is CCC(Cl)(CC)S(C)(=O)=O.O=[PH](O)Oc1ccccc1. The van der Waals surface area contributed by atoms with Crippen molar-refractivity contribution in [3.8, 4) is 5.75 Å². The summed E-state index contributed by atoms with van der Waals surface area (Å²) in [6.45, 7) is 3.55. The second-order valence-corrected chi connectivity index (χ2v) is 8.05. The van der Waals surface area contributed by atoms with E-state index in [1.165, 1.54) is 6.26 Å². The highest BCUT2D eigenvalue weighted by Gasteiger charge is 2.34. The minimum absolute atomic E-state index is 0.425. The Balaban J connectivity index is 0.000000361. The van der Waals surface area contributed by atoms with Gasteiger partial charge in [0.25, 0.3) is 0 Å². The maximum absolute atomic E-state index is 11.0. The van der Waals surface area contributed by atoms with E-state index in [2.05, 4.69) is 4.52 Å². The van der Waals surface area contributed by atoms with Crippen molar-refractivity contribution in [2.75, 3.05) is 6.26 Å². The van der Waals surface area contributed by atoms with E-state index < -0.39 is 22.3 Å². The molecule has 8 heteroatoms. The van der Waals surface area contributed by atoms with Crippen LogP contribution in [-0.2, 0) is 14.4 Å². The van der Waals surface area contributed by atoms with Gasteiger partial charge in [-0.25, -0.2) is 13.0 Å². The van der Waals surface area contributed by atoms with E-state index in [-0.39, 0.29) is 0 Å². The smallest absolute Gasteiger partial charge is 0.365 e. The highest BCUT2D eigenvalue weighted by molar-refractivity contribution is 7.93. The van der Waals surface area contributed by atoms with Crippen LogP contribution in [0, 0.1) is 0 Å². The van der Waals surface area contributed by atoms with Crippen molar-refractivity contribution in [2.45, 2.75) is 30.9 Å². The zero-order valence-corrected chi connectivity index (χ0v) is 14.2. The Bertz CT molecular complexity index is 514. The zero-order chi connectivity index (χ0) is 15.8. The first-order valence-electron chi connectivity index (χ1n) is 6.00. The average Bonchev–Trinajstić information content (AvgIpc) is 2.37. The Morgan fingerprint density at radius 3 is 1.95 bits per heavy atom. The van der Waals surface area contributed by atoms with E-state index in [1.54, 1.807) is 44.2 Å². The van der Waals surface area contributed by atoms with Crippen LogP contribution in [0.2, 0.25) is 0 Å². The summed E-state index contributed by atoms with van der Waals surface area (Å²) < 4.78 is 35.6. The summed E-state index contributed by atoms with van der Waals surface area (Å²) in [5, 5.41) is 0. The summed E-state index contributed by atoms with van der Waals surface area (Å²) in [5.74, 6) is 0.425. The van der Waals surface area contributed by atoms with Gasteiger partial charge in [0, 0.05) is 6.26 Å². The van der Waals surface area contributed by atoms with E-state index in [0.29, 0.717) is 18.6 Å². The molecule has 1 N–H and O–H groups in total. The number of alkyl halides is 1. The number of para-hydroxylation sites is 1. The molecule has 1 aromatic rings. The minimum Gasteiger partial charge on any atom is -0.426 e. The Morgan fingerprint density at radius 1 is 1.25 bits per heavy atom. The van der Waals surface area contributed by atoms with Crippen LogP contribution in [0.4, 0.5) is 0 Å². The number of halogens is 1. The molecule has 0 saturated carbocycles. The molecule has 0 saturated heterocycles. The highest BCUT2D eigenvalue weighted by Crippen LogP contribution is 2.29. The van der Waals surface area contributed by atoms with Crippen molar-refractivity contribution in [3.05, 3.63) is 30.3 Å². The minimum atomic E-state index is -3.10. The molecular weight excluding hydrogens is 323 g/mol. The monoisotopic (exact) mass is 342 g/mol. The predicted octanol–water partition coefficient (Wildman–Crippen LogP) is 3.23. The topological polar surface area (TPSA) is 80.7 Å². The molecule has 0 fully saturated rings. The first-order chi connectivity index (χ1) is 9.16.